The van der Waals surface area contributed by atoms with Crippen LogP contribution in [0.15, 0.2) is 22.7 Å². The Hall–Kier alpha value is -0.870. The summed E-state index contributed by atoms with van der Waals surface area (Å²) in [6, 6.07) is 5.80. The van der Waals surface area contributed by atoms with E-state index in [-0.39, 0.29) is 12.0 Å². The van der Waals surface area contributed by atoms with Crippen LogP contribution < -0.4 is 5.32 Å². The molecule has 1 aliphatic rings. The second-order valence-corrected chi connectivity index (χ2v) is 5.98. The van der Waals surface area contributed by atoms with Gasteiger partial charge in [0.1, 0.15) is 6.04 Å². The highest BCUT2D eigenvalue weighted by Gasteiger charge is 2.29. The molecule has 2 unspecified atom stereocenters. The van der Waals surface area contributed by atoms with E-state index >= 15 is 0 Å². The lowest BCUT2D eigenvalue weighted by Crippen LogP contribution is -2.42. The molecule has 0 bridgehead atoms. The van der Waals surface area contributed by atoms with Crippen molar-refractivity contribution in [3.05, 3.63) is 33.8 Å². The third kappa shape index (κ3) is 2.59. The molecule has 1 aromatic rings. The number of fused-ring (bicyclic) bond motifs is 1. The lowest BCUT2D eigenvalue weighted by Gasteiger charge is -2.23. The molecule has 18 heavy (non-hydrogen) atoms. The van der Waals surface area contributed by atoms with Crippen LogP contribution in [0.25, 0.3) is 0 Å². The van der Waals surface area contributed by atoms with Gasteiger partial charge in [0.25, 0.3) is 0 Å². The predicted molar refractivity (Wildman–Crippen MR) is 74.6 cm³/mol. The zero-order chi connectivity index (χ0) is 13.3. The third-order valence-electron chi connectivity index (χ3n) is 3.53. The normalized spacial score (nSPS) is 19.9. The fraction of sp³-hybridized carbons (Fsp3) is 0.500. The molecule has 2 atom stereocenters. The molecule has 0 aromatic heterocycles. The number of aliphatic carboxylic acids is 1. The van der Waals surface area contributed by atoms with Gasteiger partial charge in [0.2, 0.25) is 0 Å². The van der Waals surface area contributed by atoms with Crippen LogP contribution >= 0.6 is 15.9 Å². The highest BCUT2D eigenvalue weighted by molar-refractivity contribution is 9.10. The van der Waals surface area contributed by atoms with E-state index < -0.39 is 12.0 Å². The molecule has 0 fully saturated rings. The number of nitrogens with one attached hydrogen (secondary N) is 1. The van der Waals surface area contributed by atoms with Crippen LogP contribution in [0.1, 0.15) is 37.4 Å². The van der Waals surface area contributed by atoms with Crippen LogP contribution in [0.3, 0.4) is 0 Å². The minimum Gasteiger partial charge on any atom is -0.480 e. The van der Waals surface area contributed by atoms with Gasteiger partial charge in [-0.05, 0) is 36.0 Å². The monoisotopic (exact) mass is 311 g/mol. The zero-order valence-corrected chi connectivity index (χ0v) is 12.2. The van der Waals surface area contributed by atoms with Crippen molar-refractivity contribution < 1.29 is 9.90 Å². The molecule has 98 valence electrons. The van der Waals surface area contributed by atoms with E-state index in [4.69, 9.17) is 0 Å². The van der Waals surface area contributed by atoms with Crippen molar-refractivity contribution in [1.29, 1.82) is 0 Å². The Kier molecular flexibility index (Phi) is 4.07. The maximum absolute atomic E-state index is 11.2. The molecule has 1 aromatic carbocycles. The number of hydrogen-bond donors (Lipinski definition) is 2. The number of carboxylic acid groups (broad SMARTS) is 1. The van der Waals surface area contributed by atoms with Crippen molar-refractivity contribution in [3.8, 4) is 0 Å². The van der Waals surface area contributed by atoms with Gasteiger partial charge in [0, 0.05) is 10.5 Å². The van der Waals surface area contributed by atoms with E-state index in [1.54, 1.807) is 0 Å². The summed E-state index contributed by atoms with van der Waals surface area (Å²) in [6.45, 7) is 3.87. The molecule has 0 aliphatic heterocycles. The Morgan fingerprint density at radius 3 is 2.83 bits per heavy atom. The highest BCUT2D eigenvalue weighted by Crippen LogP contribution is 2.36. The maximum atomic E-state index is 11.2. The number of benzene rings is 1. The zero-order valence-electron chi connectivity index (χ0n) is 10.6. The van der Waals surface area contributed by atoms with E-state index in [0.717, 1.165) is 17.3 Å². The van der Waals surface area contributed by atoms with E-state index in [1.807, 2.05) is 26.0 Å². The van der Waals surface area contributed by atoms with Crippen molar-refractivity contribution >= 4 is 21.9 Å². The van der Waals surface area contributed by atoms with Crippen LogP contribution in [-0.2, 0) is 11.2 Å². The van der Waals surface area contributed by atoms with Crippen LogP contribution in [-0.4, -0.2) is 17.1 Å². The number of halogens is 1. The number of carbonyl (C=O) groups is 1. The molecule has 0 amide bonds. The Bertz CT molecular complexity index is 459. The molecule has 0 heterocycles. The summed E-state index contributed by atoms with van der Waals surface area (Å²) in [4.78, 5) is 11.2. The molecular weight excluding hydrogens is 294 g/mol. The Labute approximate surface area is 116 Å². The van der Waals surface area contributed by atoms with E-state index in [0.29, 0.717) is 0 Å². The second kappa shape index (κ2) is 5.41. The molecular formula is C14H18BrNO2. The average molecular weight is 312 g/mol. The van der Waals surface area contributed by atoms with Crippen LogP contribution in [0.4, 0.5) is 0 Å². The van der Waals surface area contributed by atoms with Crippen LogP contribution in [0.2, 0.25) is 0 Å². The minimum atomic E-state index is -0.770. The first-order valence-corrected chi connectivity index (χ1v) is 7.06. The molecule has 0 saturated carbocycles. The highest BCUT2D eigenvalue weighted by atomic mass is 79.9. The maximum Gasteiger partial charge on any atom is 0.320 e. The van der Waals surface area contributed by atoms with E-state index in [1.165, 1.54) is 11.1 Å². The molecule has 4 heteroatoms. The smallest absolute Gasteiger partial charge is 0.320 e. The van der Waals surface area contributed by atoms with Crippen molar-refractivity contribution in [3.63, 3.8) is 0 Å². The van der Waals surface area contributed by atoms with Gasteiger partial charge in [-0.15, -0.1) is 0 Å². The van der Waals surface area contributed by atoms with Gasteiger partial charge in [-0.25, -0.2) is 0 Å². The predicted octanol–water partition coefficient (Wildman–Crippen LogP) is 3.14. The Morgan fingerprint density at radius 1 is 1.50 bits per heavy atom. The average Bonchev–Trinajstić information content (AvgIpc) is 2.69. The van der Waals surface area contributed by atoms with Crippen LogP contribution in [0.5, 0.6) is 0 Å². The first kappa shape index (κ1) is 13.6. The van der Waals surface area contributed by atoms with Crippen molar-refractivity contribution in [1.82, 2.24) is 5.32 Å². The van der Waals surface area contributed by atoms with Crippen molar-refractivity contribution in [2.75, 3.05) is 0 Å². The van der Waals surface area contributed by atoms with E-state index in [9.17, 15) is 9.90 Å². The van der Waals surface area contributed by atoms with Gasteiger partial charge in [-0.3, -0.25) is 10.1 Å². The molecule has 3 nitrogen and oxygen atoms in total. The molecule has 0 saturated heterocycles. The van der Waals surface area contributed by atoms with Crippen molar-refractivity contribution in [2.45, 2.75) is 38.8 Å². The Morgan fingerprint density at radius 2 is 2.22 bits per heavy atom. The summed E-state index contributed by atoms with van der Waals surface area (Å²) >= 11 is 3.55. The van der Waals surface area contributed by atoms with Gasteiger partial charge in [0.15, 0.2) is 0 Å². The Balaban J connectivity index is 2.19. The lowest BCUT2D eigenvalue weighted by atomic mass is 10.0. The number of rotatable bonds is 4. The van der Waals surface area contributed by atoms with Crippen molar-refractivity contribution in [2.24, 2.45) is 5.92 Å². The van der Waals surface area contributed by atoms with Gasteiger partial charge < -0.3 is 5.11 Å². The fourth-order valence-electron chi connectivity index (χ4n) is 2.55. The summed E-state index contributed by atoms with van der Waals surface area (Å²) in [5, 5.41) is 12.5. The van der Waals surface area contributed by atoms with Gasteiger partial charge in [0.05, 0.1) is 0 Å². The summed E-state index contributed by atoms with van der Waals surface area (Å²) in [6.07, 6.45) is 1.97. The van der Waals surface area contributed by atoms with Crippen LogP contribution in [0, 0.1) is 5.92 Å². The lowest BCUT2D eigenvalue weighted by molar-refractivity contribution is -0.140. The molecule has 1 aliphatic carbocycles. The summed E-state index contributed by atoms with van der Waals surface area (Å²) in [5.74, 6) is -0.688. The number of carboxylic acids is 1. The SMILES string of the molecule is CC(C)C(NC1CCc2c(Br)cccc21)C(=O)O. The quantitative estimate of drug-likeness (QED) is 0.898. The van der Waals surface area contributed by atoms with Gasteiger partial charge in [-0.2, -0.15) is 0 Å². The molecule has 0 radical (unpaired) electrons. The summed E-state index contributed by atoms with van der Waals surface area (Å²) < 4.78 is 1.13. The first-order valence-electron chi connectivity index (χ1n) is 6.27. The fourth-order valence-corrected chi connectivity index (χ4v) is 3.13. The van der Waals surface area contributed by atoms with E-state index in [2.05, 4.69) is 27.3 Å². The minimum absolute atomic E-state index is 0.0821. The van der Waals surface area contributed by atoms with Gasteiger partial charge >= 0.3 is 5.97 Å². The number of hydrogen-bond acceptors (Lipinski definition) is 2. The first-order chi connectivity index (χ1) is 8.50. The summed E-state index contributed by atoms with van der Waals surface area (Å²) in [7, 11) is 0. The summed E-state index contributed by atoms with van der Waals surface area (Å²) in [5.41, 5.74) is 2.54. The molecule has 2 rings (SSSR count). The second-order valence-electron chi connectivity index (χ2n) is 5.13. The molecule has 2 N–H and O–H groups in total. The largest absolute Gasteiger partial charge is 0.480 e. The standard InChI is InChI=1S/C14H18BrNO2/c1-8(2)13(14(17)18)16-12-7-6-9-10(12)4-3-5-11(9)15/h3-5,8,12-13,16H,6-7H2,1-2H3,(H,17,18). The third-order valence-corrected chi connectivity index (χ3v) is 4.27. The van der Waals surface area contributed by atoms with Gasteiger partial charge in [-0.1, -0.05) is 41.9 Å². The molecule has 0 spiro atoms. The topological polar surface area (TPSA) is 49.3 Å².